The van der Waals surface area contributed by atoms with Crippen molar-refractivity contribution < 1.29 is 9.59 Å². The van der Waals surface area contributed by atoms with Crippen molar-refractivity contribution in [3.05, 3.63) is 101 Å². The van der Waals surface area contributed by atoms with Crippen LogP contribution in [0.15, 0.2) is 78.9 Å². The van der Waals surface area contributed by atoms with Crippen LogP contribution in [0, 0.1) is 6.92 Å². The van der Waals surface area contributed by atoms with Crippen LogP contribution in [-0.4, -0.2) is 23.3 Å². The highest BCUT2D eigenvalue weighted by Crippen LogP contribution is 2.35. The van der Waals surface area contributed by atoms with Crippen molar-refractivity contribution in [3.8, 4) is 0 Å². The normalized spacial score (nSPS) is 12.5. The number of aromatic nitrogens is 1. The molecule has 0 fully saturated rings. The van der Waals surface area contributed by atoms with E-state index in [1.54, 1.807) is 36.4 Å². The molecule has 2 N–H and O–H groups in total. The van der Waals surface area contributed by atoms with Gasteiger partial charge in [-0.15, -0.1) is 0 Å². The Balaban J connectivity index is 1.30. The molecule has 6 heteroatoms. The van der Waals surface area contributed by atoms with Gasteiger partial charge in [-0.25, -0.2) is 4.98 Å². The Bertz CT molecular complexity index is 1320. The minimum Gasteiger partial charge on any atom is -0.326 e. The van der Waals surface area contributed by atoms with E-state index in [9.17, 15) is 9.59 Å². The van der Waals surface area contributed by atoms with E-state index in [2.05, 4.69) is 46.9 Å². The van der Waals surface area contributed by atoms with Crippen molar-refractivity contribution in [2.24, 2.45) is 0 Å². The lowest BCUT2D eigenvalue weighted by Gasteiger charge is -2.19. The average molecular weight is 422 g/mol. The second-order valence-corrected chi connectivity index (χ2v) is 7.89. The zero-order valence-electron chi connectivity index (χ0n) is 17.6. The molecule has 0 saturated carbocycles. The summed E-state index contributed by atoms with van der Waals surface area (Å²) < 4.78 is 0. The van der Waals surface area contributed by atoms with Gasteiger partial charge in [0, 0.05) is 28.7 Å². The SMILES string of the molecule is Cc1ccc2cc3c(nc2c1)N(c1ccc(C(=O)NNC(=O)c2ccccc2)cc1)CC3. The topological polar surface area (TPSA) is 74.3 Å². The molecule has 2 heterocycles. The molecule has 0 bridgehead atoms. The summed E-state index contributed by atoms with van der Waals surface area (Å²) in [6, 6.07) is 24.6. The fourth-order valence-corrected chi connectivity index (χ4v) is 3.96. The molecular formula is C26H22N4O2. The summed E-state index contributed by atoms with van der Waals surface area (Å²) in [6.45, 7) is 2.91. The van der Waals surface area contributed by atoms with Crippen LogP contribution < -0.4 is 15.8 Å². The van der Waals surface area contributed by atoms with E-state index in [4.69, 9.17) is 4.98 Å². The van der Waals surface area contributed by atoms with Crippen LogP contribution in [0.5, 0.6) is 0 Å². The number of hydrogen-bond acceptors (Lipinski definition) is 4. The van der Waals surface area contributed by atoms with Crippen LogP contribution in [-0.2, 0) is 6.42 Å². The molecule has 2 amide bonds. The maximum absolute atomic E-state index is 12.4. The number of nitrogens with zero attached hydrogens (tertiary/aromatic N) is 2. The third-order valence-corrected chi connectivity index (χ3v) is 5.66. The number of anilines is 2. The molecule has 1 aliphatic heterocycles. The predicted octanol–water partition coefficient (Wildman–Crippen LogP) is 4.31. The number of carbonyl (C=O) groups excluding carboxylic acids is 2. The molecule has 6 nitrogen and oxygen atoms in total. The van der Waals surface area contributed by atoms with Crippen molar-refractivity contribution >= 4 is 34.2 Å². The Morgan fingerprint density at radius 2 is 1.53 bits per heavy atom. The van der Waals surface area contributed by atoms with Gasteiger partial charge in [0.15, 0.2) is 0 Å². The van der Waals surface area contributed by atoms with Crippen molar-refractivity contribution in [3.63, 3.8) is 0 Å². The Hall–Kier alpha value is -4.19. The van der Waals surface area contributed by atoms with E-state index >= 15 is 0 Å². The standard InChI is InChI=1S/C26H22N4O2/c1-17-7-8-20-16-21-13-14-30(24(21)27-23(20)15-17)22-11-9-19(10-12-22)26(32)29-28-25(31)18-5-3-2-4-6-18/h2-12,15-16H,13-14H2,1H3,(H,28,31)(H,29,32). The lowest BCUT2D eigenvalue weighted by Crippen LogP contribution is -2.41. The summed E-state index contributed by atoms with van der Waals surface area (Å²) in [5.41, 5.74) is 10.2. The molecule has 5 rings (SSSR count). The van der Waals surface area contributed by atoms with Gasteiger partial charge in [-0.05, 0) is 73.0 Å². The molecule has 1 aliphatic rings. The van der Waals surface area contributed by atoms with Gasteiger partial charge in [0.1, 0.15) is 5.82 Å². The number of hydrazine groups is 1. The molecule has 32 heavy (non-hydrogen) atoms. The summed E-state index contributed by atoms with van der Waals surface area (Å²) in [6.07, 6.45) is 0.930. The summed E-state index contributed by atoms with van der Waals surface area (Å²) in [4.78, 5) is 31.6. The van der Waals surface area contributed by atoms with Gasteiger partial charge in [0.25, 0.3) is 11.8 Å². The smallest absolute Gasteiger partial charge is 0.269 e. The number of carbonyl (C=O) groups is 2. The molecule has 0 aliphatic carbocycles. The number of benzene rings is 3. The Morgan fingerprint density at radius 1 is 0.844 bits per heavy atom. The van der Waals surface area contributed by atoms with E-state index in [0.717, 1.165) is 35.4 Å². The first-order valence-corrected chi connectivity index (χ1v) is 10.5. The monoisotopic (exact) mass is 422 g/mol. The number of fused-ring (bicyclic) bond motifs is 2. The first-order chi connectivity index (χ1) is 15.6. The van der Waals surface area contributed by atoms with Gasteiger partial charge in [-0.2, -0.15) is 0 Å². The lowest BCUT2D eigenvalue weighted by molar-refractivity contribution is 0.0846. The number of hydrogen-bond donors (Lipinski definition) is 2. The second-order valence-electron chi connectivity index (χ2n) is 7.89. The molecule has 0 atom stereocenters. The Kier molecular flexibility index (Phi) is 5.03. The van der Waals surface area contributed by atoms with Crippen molar-refractivity contribution in [1.82, 2.24) is 15.8 Å². The van der Waals surface area contributed by atoms with Crippen LogP contribution in [0.1, 0.15) is 31.8 Å². The average Bonchev–Trinajstić information content (AvgIpc) is 3.24. The van der Waals surface area contributed by atoms with Crippen LogP contribution in [0.2, 0.25) is 0 Å². The molecule has 1 aromatic heterocycles. The minimum absolute atomic E-state index is 0.363. The fraction of sp³-hybridized carbons (Fsp3) is 0.115. The van der Waals surface area contributed by atoms with E-state index in [1.807, 2.05) is 18.2 Å². The summed E-state index contributed by atoms with van der Waals surface area (Å²) in [5.74, 6) is 0.232. The summed E-state index contributed by atoms with van der Waals surface area (Å²) in [5, 5.41) is 1.15. The molecule has 0 unspecified atom stereocenters. The molecule has 4 aromatic rings. The molecule has 0 radical (unpaired) electrons. The molecule has 158 valence electrons. The summed E-state index contributed by atoms with van der Waals surface area (Å²) in [7, 11) is 0. The van der Waals surface area contributed by atoms with Gasteiger partial charge >= 0.3 is 0 Å². The first kappa shape index (κ1) is 19.8. The number of nitrogens with one attached hydrogen (secondary N) is 2. The molecule has 0 spiro atoms. The first-order valence-electron chi connectivity index (χ1n) is 10.5. The van der Waals surface area contributed by atoms with Gasteiger partial charge in [0.2, 0.25) is 0 Å². The van der Waals surface area contributed by atoms with Crippen molar-refractivity contribution in [2.45, 2.75) is 13.3 Å². The zero-order valence-corrected chi connectivity index (χ0v) is 17.6. The maximum Gasteiger partial charge on any atom is 0.269 e. The van der Waals surface area contributed by atoms with Gasteiger partial charge in [-0.3, -0.25) is 20.4 Å². The highest BCUT2D eigenvalue weighted by Gasteiger charge is 2.23. The largest absolute Gasteiger partial charge is 0.326 e. The van der Waals surface area contributed by atoms with Gasteiger partial charge in [0.05, 0.1) is 5.52 Å². The van der Waals surface area contributed by atoms with Crippen LogP contribution in [0.25, 0.3) is 10.9 Å². The molecular weight excluding hydrogens is 400 g/mol. The van der Waals surface area contributed by atoms with E-state index in [0.29, 0.717) is 11.1 Å². The minimum atomic E-state index is -0.373. The number of pyridine rings is 1. The van der Waals surface area contributed by atoms with Crippen LogP contribution >= 0.6 is 0 Å². The van der Waals surface area contributed by atoms with E-state index in [1.165, 1.54) is 11.1 Å². The Morgan fingerprint density at radius 3 is 2.25 bits per heavy atom. The third kappa shape index (κ3) is 3.78. The lowest BCUT2D eigenvalue weighted by atomic mass is 10.1. The van der Waals surface area contributed by atoms with Gasteiger partial charge < -0.3 is 4.90 Å². The van der Waals surface area contributed by atoms with Crippen LogP contribution in [0.4, 0.5) is 11.5 Å². The summed E-state index contributed by atoms with van der Waals surface area (Å²) >= 11 is 0. The fourth-order valence-electron chi connectivity index (χ4n) is 3.96. The quantitative estimate of drug-likeness (QED) is 0.483. The second kappa shape index (κ2) is 8.15. The number of rotatable bonds is 3. The Labute approximate surface area is 185 Å². The number of amides is 2. The van der Waals surface area contributed by atoms with Crippen LogP contribution in [0.3, 0.4) is 0 Å². The van der Waals surface area contributed by atoms with E-state index in [-0.39, 0.29) is 11.8 Å². The highest BCUT2D eigenvalue weighted by atomic mass is 16.2. The highest BCUT2D eigenvalue weighted by molar-refractivity contribution is 5.99. The van der Waals surface area contributed by atoms with Gasteiger partial charge in [-0.1, -0.05) is 30.3 Å². The third-order valence-electron chi connectivity index (χ3n) is 5.66. The number of aryl methyl sites for hydroxylation is 1. The molecule has 3 aromatic carbocycles. The zero-order chi connectivity index (χ0) is 22.1. The van der Waals surface area contributed by atoms with Crippen molar-refractivity contribution in [2.75, 3.05) is 11.4 Å². The maximum atomic E-state index is 12.4. The van der Waals surface area contributed by atoms with E-state index < -0.39 is 0 Å². The van der Waals surface area contributed by atoms with Crippen molar-refractivity contribution in [1.29, 1.82) is 0 Å². The molecule has 0 saturated heterocycles. The predicted molar refractivity (Wildman–Crippen MR) is 125 cm³/mol.